The van der Waals surface area contributed by atoms with E-state index < -0.39 is 0 Å². The molecular formula is C21H27N3O2. The number of aromatic amines is 1. The molecule has 0 spiro atoms. The summed E-state index contributed by atoms with van der Waals surface area (Å²) in [6.45, 7) is 11.2. The fraction of sp³-hybridized carbons (Fsp3) is 0.429. The number of ether oxygens (including phenoxy) is 1. The third-order valence-electron chi connectivity index (χ3n) is 4.55. The van der Waals surface area contributed by atoms with Crippen LogP contribution in [0.2, 0.25) is 0 Å². The van der Waals surface area contributed by atoms with E-state index in [9.17, 15) is 10.1 Å². The van der Waals surface area contributed by atoms with E-state index in [0.717, 1.165) is 29.1 Å². The molecule has 0 unspecified atom stereocenters. The van der Waals surface area contributed by atoms with Gasteiger partial charge in [-0.2, -0.15) is 5.26 Å². The van der Waals surface area contributed by atoms with E-state index in [1.807, 2.05) is 37.3 Å². The van der Waals surface area contributed by atoms with Gasteiger partial charge in [0.25, 0.3) is 5.56 Å². The van der Waals surface area contributed by atoms with Gasteiger partial charge in [-0.15, -0.1) is 0 Å². The molecule has 5 heteroatoms. The van der Waals surface area contributed by atoms with Crippen molar-refractivity contribution in [1.82, 2.24) is 9.88 Å². The molecule has 2 rings (SSSR count). The number of nitrogens with one attached hydrogen (secondary N) is 1. The Labute approximate surface area is 155 Å². The molecule has 0 saturated heterocycles. The lowest BCUT2D eigenvalue weighted by molar-refractivity contribution is 0.164. The third-order valence-corrected chi connectivity index (χ3v) is 4.55. The minimum absolute atomic E-state index is 0.135. The van der Waals surface area contributed by atoms with Crippen LogP contribution < -0.4 is 10.3 Å². The molecular weight excluding hydrogens is 326 g/mol. The maximum absolute atomic E-state index is 12.1. The van der Waals surface area contributed by atoms with Crippen LogP contribution in [0.1, 0.15) is 44.5 Å². The van der Waals surface area contributed by atoms with E-state index >= 15 is 0 Å². The highest BCUT2D eigenvalue weighted by Crippen LogP contribution is 2.29. The number of aromatic nitrogens is 1. The van der Waals surface area contributed by atoms with Gasteiger partial charge in [0.05, 0.1) is 7.11 Å². The highest BCUT2D eigenvalue weighted by molar-refractivity contribution is 5.71. The van der Waals surface area contributed by atoms with Gasteiger partial charge >= 0.3 is 0 Å². The SMILES string of the molecule is COc1ccc(-c2cc(C)[nH]c(=O)c2C#N)cc1CN(C(C)C)C(C)C. The summed E-state index contributed by atoms with van der Waals surface area (Å²) in [7, 11) is 1.66. The maximum atomic E-state index is 12.1. The Morgan fingerprint density at radius 3 is 2.38 bits per heavy atom. The second kappa shape index (κ2) is 8.20. The first-order chi connectivity index (χ1) is 12.3. The van der Waals surface area contributed by atoms with E-state index in [1.54, 1.807) is 7.11 Å². The van der Waals surface area contributed by atoms with E-state index in [4.69, 9.17) is 4.74 Å². The van der Waals surface area contributed by atoms with Crippen molar-refractivity contribution in [2.75, 3.05) is 7.11 Å². The van der Waals surface area contributed by atoms with E-state index in [-0.39, 0.29) is 11.1 Å². The zero-order valence-corrected chi connectivity index (χ0v) is 16.4. The number of hydrogen-bond acceptors (Lipinski definition) is 4. The number of H-pyrrole nitrogens is 1. The molecule has 26 heavy (non-hydrogen) atoms. The quantitative estimate of drug-likeness (QED) is 0.856. The Bertz CT molecular complexity index is 868. The van der Waals surface area contributed by atoms with E-state index in [2.05, 4.69) is 37.6 Å². The molecule has 0 saturated carbocycles. The second-order valence-corrected chi connectivity index (χ2v) is 7.07. The lowest BCUT2D eigenvalue weighted by Crippen LogP contribution is -2.36. The van der Waals surface area contributed by atoms with Gasteiger partial charge in [-0.3, -0.25) is 9.69 Å². The van der Waals surface area contributed by atoms with Crippen molar-refractivity contribution in [2.45, 2.75) is 53.2 Å². The van der Waals surface area contributed by atoms with Gasteiger partial charge in [-0.25, -0.2) is 0 Å². The normalized spacial score (nSPS) is 11.2. The van der Waals surface area contributed by atoms with Crippen LogP contribution >= 0.6 is 0 Å². The van der Waals surface area contributed by atoms with Crippen LogP contribution in [0.5, 0.6) is 5.75 Å². The number of nitrogens with zero attached hydrogens (tertiary/aromatic N) is 2. The average Bonchev–Trinajstić information content (AvgIpc) is 2.58. The van der Waals surface area contributed by atoms with Crippen LogP contribution in [0.4, 0.5) is 0 Å². The van der Waals surface area contributed by atoms with Crippen LogP contribution in [0, 0.1) is 18.3 Å². The van der Waals surface area contributed by atoms with Crippen molar-refractivity contribution in [2.24, 2.45) is 0 Å². The molecule has 0 fully saturated rings. The minimum Gasteiger partial charge on any atom is -0.496 e. The van der Waals surface area contributed by atoms with Crippen LogP contribution in [-0.2, 0) is 6.54 Å². The summed E-state index contributed by atoms with van der Waals surface area (Å²) >= 11 is 0. The molecule has 0 bridgehead atoms. The molecule has 0 amide bonds. The van der Waals surface area contributed by atoms with Crippen LogP contribution in [-0.4, -0.2) is 29.1 Å². The van der Waals surface area contributed by atoms with Crippen molar-refractivity contribution in [3.8, 4) is 22.9 Å². The first-order valence-corrected chi connectivity index (χ1v) is 8.85. The topological polar surface area (TPSA) is 69.1 Å². The summed E-state index contributed by atoms with van der Waals surface area (Å²) in [4.78, 5) is 17.2. The Morgan fingerprint density at radius 1 is 1.19 bits per heavy atom. The van der Waals surface area contributed by atoms with Crippen molar-refractivity contribution in [1.29, 1.82) is 5.26 Å². The van der Waals surface area contributed by atoms with Crippen molar-refractivity contribution < 1.29 is 4.74 Å². The molecule has 1 N–H and O–H groups in total. The Hall–Kier alpha value is -2.58. The molecule has 1 aromatic carbocycles. The smallest absolute Gasteiger partial charge is 0.266 e. The fourth-order valence-corrected chi connectivity index (χ4v) is 3.26. The van der Waals surface area contributed by atoms with Crippen molar-refractivity contribution in [3.05, 3.63) is 51.4 Å². The van der Waals surface area contributed by atoms with Gasteiger partial charge in [0.1, 0.15) is 17.4 Å². The van der Waals surface area contributed by atoms with E-state index in [0.29, 0.717) is 17.6 Å². The molecule has 2 aromatic rings. The summed E-state index contributed by atoms with van der Waals surface area (Å²) < 4.78 is 5.54. The standard InChI is InChI=1S/C21H27N3O2/c1-13(2)24(14(3)4)12-17-10-16(7-8-20(17)26-6)18-9-15(5)23-21(25)19(18)11-22/h7-10,13-14H,12H2,1-6H3,(H,23,25). The Balaban J connectivity index is 2.58. The molecule has 0 aliphatic carbocycles. The number of pyridine rings is 1. The maximum Gasteiger partial charge on any atom is 0.266 e. The molecule has 0 aliphatic heterocycles. The van der Waals surface area contributed by atoms with Gasteiger partial charge in [-0.1, -0.05) is 6.07 Å². The van der Waals surface area contributed by atoms with Gasteiger partial charge in [0, 0.05) is 35.4 Å². The molecule has 1 aromatic heterocycles. The van der Waals surface area contributed by atoms with Gasteiger partial charge < -0.3 is 9.72 Å². The largest absolute Gasteiger partial charge is 0.496 e. The Kier molecular flexibility index (Phi) is 6.23. The number of methoxy groups -OCH3 is 1. The first kappa shape index (κ1) is 19.7. The molecule has 138 valence electrons. The average molecular weight is 353 g/mol. The minimum atomic E-state index is -0.356. The third kappa shape index (κ3) is 4.14. The van der Waals surface area contributed by atoms with Crippen LogP contribution in [0.15, 0.2) is 29.1 Å². The number of nitriles is 1. The molecule has 1 heterocycles. The fourth-order valence-electron chi connectivity index (χ4n) is 3.26. The van der Waals surface area contributed by atoms with Gasteiger partial charge in [0.15, 0.2) is 0 Å². The zero-order chi connectivity index (χ0) is 19.4. The molecule has 0 atom stereocenters. The highest BCUT2D eigenvalue weighted by atomic mass is 16.5. The number of benzene rings is 1. The molecule has 0 aliphatic rings. The summed E-state index contributed by atoms with van der Waals surface area (Å²) in [5, 5.41) is 9.41. The van der Waals surface area contributed by atoms with E-state index in [1.165, 1.54) is 0 Å². The van der Waals surface area contributed by atoms with Crippen molar-refractivity contribution >= 4 is 0 Å². The van der Waals surface area contributed by atoms with Gasteiger partial charge in [-0.05, 0) is 58.4 Å². The lowest BCUT2D eigenvalue weighted by atomic mass is 9.98. The second-order valence-electron chi connectivity index (χ2n) is 7.07. The Morgan fingerprint density at radius 2 is 1.85 bits per heavy atom. The predicted octanol–water partition coefficient (Wildman–Crippen LogP) is 3.85. The molecule has 5 nitrogen and oxygen atoms in total. The summed E-state index contributed by atoms with van der Waals surface area (Å²) in [6, 6.07) is 10.5. The summed E-state index contributed by atoms with van der Waals surface area (Å²) in [5.41, 5.74) is 3.04. The highest BCUT2D eigenvalue weighted by Gasteiger charge is 2.18. The van der Waals surface area contributed by atoms with Crippen LogP contribution in [0.25, 0.3) is 11.1 Å². The van der Waals surface area contributed by atoms with Crippen molar-refractivity contribution in [3.63, 3.8) is 0 Å². The number of aryl methyl sites for hydroxylation is 1. The number of hydrogen-bond donors (Lipinski definition) is 1. The monoisotopic (exact) mass is 353 g/mol. The summed E-state index contributed by atoms with van der Waals surface area (Å²) in [5.74, 6) is 0.806. The summed E-state index contributed by atoms with van der Waals surface area (Å²) in [6.07, 6.45) is 0. The molecule has 0 radical (unpaired) electrons. The first-order valence-electron chi connectivity index (χ1n) is 8.85. The number of rotatable bonds is 6. The predicted molar refractivity (Wildman–Crippen MR) is 104 cm³/mol. The lowest BCUT2D eigenvalue weighted by Gasteiger charge is -2.31. The zero-order valence-electron chi connectivity index (χ0n) is 16.4. The van der Waals surface area contributed by atoms with Crippen LogP contribution in [0.3, 0.4) is 0 Å². The van der Waals surface area contributed by atoms with Gasteiger partial charge in [0.2, 0.25) is 0 Å².